The summed E-state index contributed by atoms with van der Waals surface area (Å²) in [4.78, 5) is 33.0. The van der Waals surface area contributed by atoms with Crippen LogP contribution in [0.15, 0.2) is 119 Å². The number of carbonyl (C=O) groups excluding carboxylic acids is 2. The SMILES string of the molecule is NS(=O)c1cccc(N2C(=O)C(c3ccccc3)CC23CC(c2ccccc2)C(=O)N3c2cccc(S(N)=O)c2)c1. The molecule has 2 fully saturated rings. The first kappa shape index (κ1) is 27.2. The number of anilines is 2. The van der Waals surface area contributed by atoms with Gasteiger partial charge in [0.2, 0.25) is 11.8 Å². The van der Waals surface area contributed by atoms with Gasteiger partial charge in [-0.3, -0.25) is 19.4 Å². The molecule has 4 unspecified atom stereocenters. The number of nitrogens with zero attached hydrogens (tertiary/aromatic N) is 2. The molecule has 4 atom stereocenters. The normalized spacial score (nSPS) is 23.8. The highest BCUT2D eigenvalue weighted by Gasteiger charge is 2.63. The quantitative estimate of drug-likeness (QED) is 0.354. The van der Waals surface area contributed by atoms with Crippen LogP contribution in [0.25, 0.3) is 0 Å². The highest BCUT2D eigenvalue weighted by atomic mass is 32.2. The zero-order valence-electron chi connectivity index (χ0n) is 22.0. The molecule has 0 aromatic heterocycles. The fourth-order valence-corrected chi connectivity index (χ4v) is 7.12. The average molecular weight is 585 g/mol. The van der Waals surface area contributed by atoms with E-state index < -0.39 is 39.5 Å². The molecule has 10 heteroatoms. The molecule has 0 saturated carbocycles. The Kier molecular flexibility index (Phi) is 7.16. The number of benzene rings is 4. The van der Waals surface area contributed by atoms with Gasteiger partial charge in [-0.05, 0) is 47.5 Å². The largest absolute Gasteiger partial charge is 0.288 e. The number of amides is 2. The molecule has 0 bridgehead atoms. The lowest BCUT2D eigenvalue weighted by Crippen LogP contribution is -2.56. The lowest BCUT2D eigenvalue weighted by molar-refractivity contribution is -0.118. The van der Waals surface area contributed by atoms with Crippen LogP contribution in [0.1, 0.15) is 35.8 Å². The average Bonchev–Trinajstić information content (AvgIpc) is 3.45. The van der Waals surface area contributed by atoms with Crippen molar-refractivity contribution in [3.63, 3.8) is 0 Å². The van der Waals surface area contributed by atoms with Crippen LogP contribution in [0.5, 0.6) is 0 Å². The molecule has 8 nitrogen and oxygen atoms in total. The summed E-state index contributed by atoms with van der Waals surface area (Å²) in [5.74, 6) is -1.44. The second-order valence-electron chi connectivity index (χ2n) is 10.3. The molecule has 4 aromatic rings. The summed E-state index contributed by atoms with van der Waals surface area (Å²) in [5, 5.41) is 11.5. The Labute approximate surface area is 243 Å². The molecule has 41 heavy (non-hydrogen) atoms. The molecule has 2 aliphatic rings. The van der Waals surface area contributed by atoms with Crippen molar-refractivity contribution in [3.8, 4) is 0 Å². The van der Waals surface area contributed by atoms with Gasteiger partial charge in [-0.25, -0.2) is 18.7 Å². The Morgan fingerprint density at radius 1 is 0.585 bits per heavy atom. The van der Waals surface area contributed by atoms with Crippen molar-refractivity contribution in [2.45, 2.75) is 40.1 Å². The van der Waals surface area contributed by atoms with Gasteiger partial charge in [-0.1, -0.05) is 72.8 Å². The molecule has 4 aromatic carbocycles. The first-order valence-electron chi connectivity index (χ1n) is 13.1. The lowest BCUT2D eigenvalue weighted by atomic mass is 9.88. The zero-order chi connectivity index (χ0) is 28.7. The van der Waals surface area contributed by atoms with Gasteiger partial charge in [-0.15, -0.1) is 0 Å². The molecule has 208 valence electrons. The Balaban J connectivity index is 1.60. The van der Waals surface area contributed by atoms with Crippen LogP contribution in [-0.2, 0) is 31.6 Å². The first-order chi connectivity index (χ1) is 19.8. The summed E-state index contributed by atoms with van der Waals surface area (Å²) in [5.41, 5.74) is 1.54. The molecular formula is C31H28N4O4S2. The van der Waals surface area contributed by atoms with E-state index in [2.05, 4.69) is 0 Å². The molecule has 2 aliphatic heterocycles. The van der Waals surface area contributed by atoms with E-state index in [0.29, 0.717) is 34.0 Å². The van der Waals surface area contributed by atoms with Crippen LogP contribution in [0.4, 0.5) is 11.4 Å². The summed E-state index contributed by atoms with van der Waals surface area (Å²) >= 11 is 0. The van der Waals surface area contributed by atoms with E-state index in [0.717, 1.165) is 11.1 Å². The van der Waals surface area contributed by atoms with E-state index in [-0.39, 0.29) is 11.8 Å². The van der Waals surface area contributed by atoms with Gasteiger partial charge >= 0.3 is 0 Å². The maximum absolute atomic E-state index is 14.5. The van der Waals surface area contributed by atoms with Gasteiger partial charge in [-0.2, -0.15) is 0 Å². The van der Waals surface area contributed by atoms with Crippen molar-refractivity contribution in [3.05, 3.63) is 120 Å². The van der Waals surface area contributed by atoms with Crippen molar-refractivity contribution in [2.75, 3.05) is 9.80 Å². The predicted octanol–water partition coefficient (Wildman–Crippen LogP) is 4.09. The molecule has 6 rings (SSSR count). The van der Waals surface area contributed by atoms with Crippen molar-refractivity contribution >= 4 is 45.2 Å². The number of nitrogens with two attached hydrogens (primary N) is 2. The number of hydrogen-bond donors (Lipinski definition) is 2. The summed E-state index contributed by atoms with van der Waals surface area (Å²) in [6.07, 6.45) is 0.633. The van der Waals surface area contributed by atoms with Gasteiger partial charge in [0.15, 0.2) is 0 Å². The van der Waals surface area contributed by atoms with Crippen molar-refractivity contribution in [2.24, 2.45) is 10.3 Å². The minimum absolute atomic E-state index is 0.179. The summed E-state index contributed by atoms with van der Waals surface area (Å²) in [6.45, 7) is 0. The van der Waals surface area contributed by atoms with Crippen LogP contribution >= 0.6 is 0 Å². The number of carbonyl (C=O) groups is 2. The van der Waals surface area contributed by atoms with Crippen molar-refractivity contribution < 1.29 is 18.0 Å². The number of hydrogen-bond acceptors (Lipinski definition) is 4. The maximum Gasteiger partial charge on any atom is 0.236 e. The third kappa shape index (κ3) is 4.72. The highest BCUT2D eigenvalue weighted by Crippen LogP contribution is 2.55. The summed E-state index contributed by atoms with van der Waals surface area (Å²) in [7, 11) is -3.54. The second-order valence-corrected chi connectivity index (χ2v) is 12.4. The van der Waals surface area contributed by atoms with Crippen molar-refractivity contribution in [1.82, 2.24) is 0 Å². The van der Waals surface area contributed by atoms with E-state index in [4.69, 9.17) is 10.3 Å². The van der Waals surface area contributed by atoms with E-state index in [1.807, 2.05) is 60.7 Å². The Morgan fingerprint density at radius 3 is 1.34 bits per heavy atom. The van der Waals surface area contributed by atoms with E-state index in [1.54, 1.807) is 58.3 Å². The molecular weight excluding hydrogens is 556 g/mol. The second kappa shape index (κ2) is 10.8. The standard InChI is InChI=1S/C31H28N4O4S2/c32-40(38)25-15-7-13-23(17-25)34-29(36)27(21-9-3-1-4-10-21)19-31(34)20-28(22-11-5-2-6-12-22)30(37)35(31)24-14-8-16-26(18-24)41(33)39/h1-18,27-28H,19-20,32-33H2. The van der Waals surface area contributed by atoms with Gasteiger partial charge in [0.05, 0.1) is 21.6 Å². The molecule has 0 aliphatic carbocycles. The van der Waals surface area contributed by atoms with Crippen LogP contribution in [0.3, 0.4) is 0 Å². The number of rotatable bonds is 6. The Bertz CT molecular complexity index is 1560. The van der Waals surface area contributed by atoms with E-state index >= 15 is 0 Å². The van der Waals surface area contributed by atoms with Crippen LogP contribution in [0, 0.1) is 0 Å². The van der Waals surface area contributed by atoms with Gasteiger partial charge in [0.25, 0.3) is 0 Å². The fourth-order valence-electron chi connectivity index (χ4n) is 6.22. The van der Waals surface area contributed by atoms with Crippen molar-refractivity contribution in [1.29, 1.82) is 0 Å². The van der Waals surface area contributed by atoms with Crippen LogP contribution < -0.4 is 20.1 Å². The smallest absolute Gasteiger partial charge is 0.236 e. The molecule has 2 heterocycles. The maximum atomic E-state index is 14.5. The lowest BCUT2D eigenvalue weighted by Gasteiger charge is -2.42. The van der Waals surface area contributed by atoms with Crippen LogP contribution in [-0.4, -0.2) is 25.9 Å². The molecule has 2 amide bonds. The zero-order valence-corrected chi connectivity index (χ0v) is 23.6. The monoisotopic (exact) mass is 584 g/mol. The summed E-state index contributed by atoms with van der Waals surface area (Å²) < 4.78 is 24.5. The Morgan fingerprint density at radius 2 is 0.976 bits per heavy atom. The minimum Gasteiger partial charge on any atom is -0.288 e. The summed E-state index contributed by atoms with van der Waals surface area (Å²) in [6, 6.07) is 32.6. The third-order valence-electron chi connectivity index (χ3n) is 7.95. The van der Waals surface area contributed by atoms with Gasteiger partial charge in [0, 0.05) is 24.2 Å². The predicted molar refractivity (Wildman–Crippen MR) is 159 cm³/mol. The topological polar surface area (TPSA) is 127 Å². The molecule has 4 N–H and O–H groups in total. The minimum atomic E-state index is -1.77. The van der Waals surface area contributed by atoms with Gasteiger partial charge in [0.1, 0.15) is 27.6 Å². The van der Waals surface area contributed by atoms with E-state index in [9.17, 15) is 18.0 Å². The molecule has 0 radical (unpaired) electrons. The molecule has 1 spiro atoms. The fraction of sp³-hybridized carbons (Fsp3) is 0.161. The third-order valence-corrected chi connectivity index (χ3v) is 9.39. The van der Waals surface area contributed by atoms with E-state index in [1.165, 1.54) is 0 Å². The van der Waals surface area contributed by atoms with Crippen LogP contribution in [0.2, 0.25) is 0 Å². The van der Waals surface area contributed by atoms with Gasteiger partial charge < -0.3 is 0 Å². The molecule has 2 saturated heterocycles. The Hall–Kier alpha value is -3.96. The highest BCUT2D eigenvalue weighted by molar-refractivity contribution is 7.83. The first-order valence-corrected chi connectivity index (χ1v) is 15.5.